The second kappa shape index (κ2) is 5.00. The molecule has 1 aromatic carbocycles. The SMILES string of the molecule is Cc1cccc(CN(CCCl)C2CC2)c1. The number of benzene rings is 1. The molecule has 0 bridgehead atoms. The quantitative estimate of drug-likeness (QED) is 0.693. The minimum Gasteiger partial charge on any atom is -0.295 e. The van der Waals surface area contributed by atoms with Gasteiger partial charge in [-0.25, -0.2) is 0 Å². The Bertz CT molecular complexity index is 320. The smallest absolute Gasteiger partial charge is 0.0351 e. The van der Waals surface area contributed by atoms with Crippen LogP contribution in [0.4, 0.5) is 0 Å². The normalized spacial score (nSPS) is 15.9. The van der Waals surface area contributed by atoms with Crippen LogP contribution in [-0.4, -0.2) is 23.4 Å². The molecule has 0 unspecified atom stereocenters. The van der Waals surface area contributed by atoms with Crippen molar-refractivity contribution in [1.82, 2.24) is 4.90 Å². The van der Waals surface area contributed by atoms with E-state index in [-0.39, 0.29) is 0 Å². The van der Waals surface area contributed by atoms with Gasteiger partial charge in [0.2, 0.25) is 0 Å². The predicted molar refractivity (Wildman–Crippen MR) is 65.3 cm³/mol. The second-order valence-electron chi connectivity index (χ2n) is 4.38. The average molecular weight is 224 g/mol. The molecule has 0 aliphatic heterocycles. The van der Waals surface area contributed by atoms with E-state index in [9.17, 15) is 0 Å². The highest BCUT2D eigenvalue weighted by Gasteiger charge is 2.28. The van der Waals surface area contributed by atoms with E-state index in [0.29, 0.717) is 0 Å². The third kappa shape index (κ3) is 3.22. The molecule has 0 spiro atoms. The monoisotopic (exact) mass is 223 g/mol. The summed E-state index contributed by atoms with van der Waals surface area (Å²) in [6, 6.07) is 9.55. The maximum absolute atomic E-state index is 5.82. The van der Waals surface area contributed by atoms with Crippen molar-refractivity contribution in [3.8, 4) is 0 Å². The van der Waals surface area contributed by atoms with Gasteiger partial charge in [-0.2, -0.15) is 0 Å². The number of nitrogens with zero attached hydrogens (tertiary/aromatic N) is 1. The lowest BCUT2D eigenvalue weighted by atomic mass is 10.1. The van der Waals surface area contributed by atoms with Gasteiger partial charge in [0.25, 0.3) is 0 Å². The van der Waals surface area contributed by atoms with Crippen LogP contribution in [0.2, 0.25) is 0 Å². The summed E-state index contributed by atoms with van der Waals surface area (Å²) in [7, 11) is 0. The third-order valence-electron chi connectivity index (χ3n) is 2.90. The molecule has 0 N–H and O–H groups in total. The molecule has 0 heterocycles. The summed E-state index contributed by atoms with van der Waals surface area (Å²) >= 11 is 5.82. The highest BCUT2D eigenvalue weighted by Crippen LogP contribution is 2.28. The molecular weight excluding hydrogens is 206 g/mol. The Hall–Kier alpha value is -0.530. The first-order chi connectivity index (χ1) is 7.29. The molecule has 82 valence electrons. The van der Waals surface area contributed by atoms with Gasteiger partial charge in [0.05, 0.1) is 0 Å². The molecule has 2 rings (SSSR count). The van der Waals surface area contributed by atoms with Gasteiger partial charge in [0, 0.05) is 25.0 Å². The summed E-state index contributed by atoms with van der Waals surface area (Å²) in [6.45, 7) is 4.21. The van der Waals surface area contributed by atoms with Crippen molar-refractivity contribution in [1.29, 1.82) is 0 Å². The maximum atomic E-state index is 5.82. The summed E-state index contributed by atoms with van der Waals surface area (Å²) in [4.78, 5) is 2.50. The molecule has 1 aliphatic rings. The minimum atomic E-state index is 0.738. The van der Waals surface area contributed by atoms with Crippen molar-refractivity contribution in [2.45, 2.75) is 32.4 Å². The molecule has 0 saturated heterocycles. The standard InChI is InChI=1S/C13H18ClN/c1-11-3-2-4-12(9-11)10-15(8-7-14)13-5-6-13/h2-4,9,13H,5-8,10H2,1H3. The Morgan fingerprint density at radius 2 is 2.20 bits per heavy atom. The highest BCUT2D eigenvalue weighted by atomic mass is 35.5. The molecule has 0 atom stereocenters. The fourth-order valence-electron chi connectivity index (χ4n) is 1.98. The van der Waals surface area contributed by atoms with Crippen LogP contribution in [0.3, 0.4) is 0 Å². The van der Waals surface area contributed by atoms with Gasteiger partial charge in [-0.05, 0) is 25.3 Å². The molecule has 1 nitrogen and oxygen atoms in total. The predicted octanol–water partition coefficient (Wildman–Crippen LogP) is 3.20. The van der Waals surface area contributed by atoms with Gasteiger partial charge in [-0.1, -0.05) is 29.8 Å². The number of hydrogen-bond donors (Lipinski definition) is 0. The van der Waals surface area contributed by atoms with Crippen LogP contribution in [0.5, 0.6) is 0 Å². The number of aryl methyl sites for hydroxylation is 1. The molecule has 1 aliphatic carbocycles. The number of halogens is 1. The van der Waals surface area contributed by atoms with E-state index in [1.54, 1.807) is 0 Å². The summed E-state index contributed by atoms with van der Waals surface area (Å²) in [6.07, 6.45) is 2.70. The summed E-state index contributed by atoms with van der Waals surface area (Å²) in [5.41, 5.74) is 2.75. The number of rotatable bonds is 5. The topological polar surface area (TPSA) is 3.24 Å². The second-order valence-corrected chi connectivity index (χ2v) is 4.76. The Labute approximate surface area is 97.0 Å². The zero-order valence-corrected chi connectivity index (χ0v) is 10.0. The van der Waals surface area contributed by atoms with Crippen LogP contribution in [0.1, 0.15) is 24.0 Å². The Morgan fingerprint density at radius 3 is 2.80 bits per heavy atom. The summed E-state index contributed by atoms with van der Waals surface area (Å²) in [5, 5.41) is 0. The molecule has 1 aromatic rings. The van der Waals surface area contributed by atoms with Crippen LogP contribution in [0, 0.1) is 6.92 Å². The minimum absolute atomic E-state index is 0.738. The first-order valence-corrected chi connectivity index (χ1v) is 6.18. The van der Waals surface area contributed by atoms with E-state index in [1.165, 1.54) is 24.0 Å². The summed E-state index contributed by atoms with van der Waals surface area (Å²) < 4.78 is 0. The first-order valence-electron chi connectivity index (χ1n) is 5.65. The van der Waals surface area contributed by atoms with Crippen molar-refractivity contribution >= 4 is 11.6 Å². The van der Waals surface area contributed by atoms with Crippen LogP contribution >= 0.6 is 11.6 Å². The van der Waals surface area contributed by atoms with Crippen LogP contribution in [0.15, 0.2) is 24.3 Å². The molecule has 2 heteroatoms. The Morgan fingerprint density at radius 1 is 1.40 bits per heavy atom. The Kier molecular flexibility index (Phi) is 3.66. The van der Waals surface area contributed by atoms with Crippen LogP contribution < -0.4 is 0 Å². The van der Waals surface area contributed by atoms with E-state index in [2.05, 4.69) is 36.1 Å². The lowest BCUT2D eigenvalue weighted by molar-refractivity contribution is 0.271. The molecule has 15 heavy (non-hydrogen) atoms. The lowest BCUT2D eigenvalue weighted by Crippen LogP contribution is -2.27. The van der Waals surface area contributed by atoms with E-state index < -0.39 is 0 Å². The van der Waals surface area contributed by atoms with Crippen molar-refractivity contribution in [3.63, 3.8) is 0 Å². The number of alkyl halides is 1. The fraction of sp³-hybridized carbons (Fsp3) is 0.538. The average Bonchev–Trinajstić information content (AvgIpc) is 3.00. The van der Waals surface area contributed by atoms with Crippen molar-refractivity contribution in [3.05, 3.63) is 35.4 Å². The third-order valence-corrected chi connectivity index (χ3v) is 3.07. The largest absolute Gasteiger partial charge is 0.295 e. The summed E-state index contributed by atoms with van der Waals surface area (Å²) in [5.74, 6) is 0.738. The van der Waals surface area contributed by atoms with Gasteiger partial charge in [0.15, 0.2) is 0 Å². The van der Waals surface area contributed by atoms with E-state index in [1.807, 2.05) is 0 Å². The van der Waals surface area contributed by atoms with Gasteiger partial charge in [0.1, 0.15) is 0 Å². The molecule has 0 aromatic heterocycles. The highest BCUT2D eigenvalue weighted by molar-refractivity contribution is 6.18. The fourth-order valence-corrected chi connectivity index (χ4v) is 2.20. The Balaban J connectivity index is 1.98. The molecule has 0 radical (unpaired) electrons. The number of hydrogen-bond acceptors (Lipinski definition) is 1. The lowest BCUT2D eigenvalue weighted by Gasteiger charge is -2.20. The van der Waals surface area contributed by atoms with Gasteiger partial charge in [-0.3, -0.25) is 4.90 Å². The van der Waals surface area contributed by atoms with Gasteiger partial charge in [-0.15, -0.1) is 11.6 Å². The first kappa shape index (κ1) is 11.0. The molecule has 1 saturated carbocycles. The van der Waals surface area contributed by atoms with Gasteiger partial charge < -0.3 is 0 Å². The van der Waals surface area contributed by atoms with Crippen LogP contribution in [0.25, 0.3) is 0 Å². The maximum Gasteiger partial charge on any atom is 0.0351 e. The van der Waals surface area contributed by atoms with E-state index in [0.717, 1.165) is 25.0 Å². The van der Waals surface area contributed by atoms with Crippen molar-refractivity contribution < 1.29 is 0 Å². The molecule has 0 amide bonds. The molecular formula is C13H18ClN. The zero-order chi connectivity index (χ0) is 10.7. The zero-order valence-electron chi connectivity index (χ0n) is 9.25. The van der Waals surface area contributed by atoms with Crippen molar-refractivity contribution in [2.24, 2.45) is 0 Å². The van der Waals surface area contributed by atoms with E-state index >= 15 is 0 Å². The van der Waals surface area contributed by atoms with Gasteiger partial charge >= 0.3 is 0 Å². The van der Waals surface area contributed by atoms with Crippen molar-refractivity contribution in [2.75, 3.05) is 12.4 Å². The molecule has 1 fully saturated rings. The van der Waals surface area contributed by atoms with Crippen LogP contribution in [-0.2, 0) is 6.54 Å². The van der Waals surface area contributed by atoms with E-state index in [4.69, 9.17) is 11.6 Å².